The molecule has 1 aromatic carbocycles. The maximum absolute atomic E-state index is 10.6. The molecule has 0 aliphatic carbocycles. The molecule has 0 amide bonds. The first-order valence-electron chi connectivity index (χ1n) is 4.76. The highest BCUT2D eigenvalue weighted by Gasteiger charge is 2.12. The van der Waals surface area contributed by atoms with Gasteiger partial charge in [0.2, 0.25) is 0 Å². The van der Waals surface area contributed by atoms with Crippen LogP contribution < -0.4 is 10.1 Å². The molecule has 82 valence electrons. The molecular formula is C10H14N2O3. The largest absolute Gasteiger partial charge is 0.487 e. The lowest BCUT2D eigenvalue weighted by molar-refractivity contribution is -0.385. The minimum absolute atomic E-state index is 0.0157. The van der Waals surface area contributed by atoms with Crippen molar-refractivity contribution in [2.45, 2.75) is 6.42 Å². The lowest BCUT2D eigenvalue weighted by Gasteiger charge is -2.05. The zero-order valence-corrected chi connectivity index (χ0v) is 8.60. The van der Waals surface area contributed by atoms with E-state index in [9.17, 15) is 10.1 Å². The summed E-state index contributed by atoms with van der Waals surface area (Å²) in [6.07, 6.45) is 0.822. The van der Waals surface area contributed by atoms with Gasteiger partial charge in [0.15, 0.2) is 5.75 Å². The number of nitrogens with one attached hydrogen (secondary N) is 1. The summed E-state index contributed by atoms with van der Waals surface area (Å²) in [5.41, 5.74) is 0.0157. The number of nitrogens with zero attached hydrogens (tertiary/aromatic N) is 1. The van der Waals surface area contributed by atoms with Gasteiger partial charge in [-0.2, -0.15) is 0 Å². The van der Waals surface area contributed by atoms with Crippen molar-refractivity contribution < 1.29 is 9.66 Å². The fourth-order valence-electron chi connectivity index (χ4n) is 1.16. The number of nitro benzene ring substituents is 1. The van der Waals surface area contributed by atoms with Crippen LogP contribution in [0.2, 0.25) is 0 Å². The Morgan fingerprint density at radius 1 is 1.47 bits per heavy atom. The van der Waals surface area contributed by atoms with E-state index in [0.29, 0.717) is 12.4 Å². The van der Waals surface area contributed by atoms with Crippen LogP contribution in [0.25, 0.3) is 0 Å². The summed E-state index contributed by atoms with van der Waals surface area (Å²) in [6.45, 7) is 1.31. The second kappa shape index (κ2) is 5.98. The minimum Gasteiger partial charge on any atom is -0.487 e. The lowest BCUT2D eigenvalue weighted by atomic mass is 10.3. The van der Waals surface area contributed by atoms with E-state index in [1.54, 1.807) is 18.2 Å². The van der Waals surface area contributed by atoms with E-state index < -0.39 is 4.92 Å². The van der Waals surface area contributed by atoms with Crippen LogP contribution >= 0.6 is 0 Å². The average Bonchev–Trinajstić information content (AvgIpc) is 2.25. The molecule has 1 aromatic rings. The van der Waals surface area contributed by atoms with Crippen LogP contribution in [0.3, 0.4) is 0 Å². The fraction of sp³-hybridized carbons (Fsp3) is 0.400. The second-order valence-electron chi connectivity index (χ2n) is 3.03. The van der Waals surface area contributed by atoms with E-state index in [2.05, 4.69) is 5.32 Å². The monoisotopic (exact) mass is 210 g/mol. The molecule has 0 bridgehead atoms. The van der Waals surface area contributed by atoms with Crippen LogP contribution in [-0.2, 0) is 0 Å². The van der Waals surface area contributed by atoms with Crippen molar-refractivity contribution in [3.05, 3.63) is 34.4 Å². The van der Waals surface area contributed by atoms with Gasteiger partial charge in [-0.1, -0.05) is 12.1 Å². The number of benzene rings is 1. The summed E-state index contributed by atoms with van der Waals surface area (Å²) >= 11 is 0. The number of hydrogen-bond acceptors (Lipinski definition) is 4. The van der Waals surface area contributed by atoms with E-state index in [4.69, 9.17) is 4.74 Å². The van der Waals surface area contributed by atoms with Gasteiger partial charge < -0.3 is 10.1 Å². The fourth-order valence-corrected chi connectivity index (χ4v) is 1.16. The number of para-hydroxylation sites is 2. The standard InChI is InChI=1S/C10H14N2O3/c1-11-7-4-8-15-10-6-3-2-5-9(10)12(13)14/h2-3,5-6,11H,4,7-8H2,1H3. The van der Waals surface area contributed by atoms with E-state index >= 15 is 0 Å². The Morgan fingerprint density at radius 3 is 2.87 bits per heavy atom. The second-order valence-corrected chi connectivity index (χ2v) is 3.03. The molecule has 0 spiro atoms. The third kappa shape index (κ3) is 3.55. The Bertz CT molecular complexity index is 328. The molecule has 0 saturated heterocycles. The van der Waals surface area contributed by atoms with Gasteiger partial charge >= 0.3 is 5.69 Å². The highest BCUT2D eigenvalue weighted by molar-refractivity contribution is 5.45. The van der Waals surface area contributed by atoms with E-state index in [-0.39, 0.29) is 5.69 Å². The highest BCUT2D eigenvalue weighted by Crippen LogP contribution is 2.25. The molecule has 0 aliphatic rings. The molecule has 0 saturated carbocycles. The van der Waals surface area contributed by atoms with Crippen LogP contribution in [0, 0.1) is 10.1 Å². The Kier molecular flexibility index (Phi) is 4.56. The SMILES string of the molecule is CNCCCOc1ccccc1[N+](=O)[O-]. The van der Waals surface area contributed by atoms with Crippen molar-refractivity contribution in [2.75, 3.05) is 20.2 Å². The van der Waals surface area contributed by atoms with E-state index in [0.717, 1.165) is 13.0 Å². The van der Waals surface area contributed by atoms with Gasteiger partial charge in [0, 0.05) is 6.07 Å². The van der Waals surface area contributed by atoms with Crippen molar-refractivity contribution in [1.29, 1.82) is 0 Å². The summed E-state index contributed by atoms with van der Waals surface area (Å²) in [5, 5.41) is 13.6. The summed E-state index contributed by atoms with van der Waals surface area (Å²) in [4.78, 5) is 10.2. The van der Waals surface area contributed by atoms with Crippen molar-refractivity contribution in [2.24, 2.45) is 0 Å². The van der Waals surface area contributed by atoms with Gasteiger partial charge in [-0.3, -0.25) is 10.1 Å². The molecule has 0 aliphatic heterocycles. The highest BCUT2D eigenvalue weighted by atomic mass is 16.6. The maximum Gasteiger partial charge on any atom is 0.310 e. The first-order valence-corrected chi connectivity index (χ1v) is 4.76. The van der Waals surface area contributed by atoms with Gasteiger partial charge in [0.05, 0.1) is 11.5 Å². The van der Waals surface area contributed by atoms with Crippen LogP contribution in [-0.4, -0.2) is 25.1 Å². The molecule has 0 unspecified atom stereocenters. The van der Waals surface area contributed by atoms with Crippen LogP contribution in [0.5, 0.6) is 5.75 Å². The number of hydrogen-bond donors (Lipinski definition) is 1. The summed E-state index contributed by atoms with van der Waals surface area (Å²) in [7, 11) is 1.85. The number of ether oxygens (including phenoxy) is 1. The van der Waals surface area contributed by atoms with Crippen LogP contribution in [0.4, 0.5) is 5.69 Å². The average molecular weight is 210 g/mol. The Hall–Kier alpha value is -1.62. The molecule has 0 fully saturated rings. The van der Waals surface area contributed by atoms with E-state index in [1.807, 2.05) is 7.05 Å². The molecule has 5 nitrogen and oxygen atoms in total. The van der Waals surface area contributed by atoms with Crippen molar-refractivity contribution in [3.63, 3.8) is 0 Å². The predicted molar refractivity (Wildman–Crippen MR) is 57.1 cm³/mol. The quantitative estimate of drug-likeness (QED) is 0.440. The maximum atomic E-state index is 10.6. The molecule has 0 atom stereocenters. The van der Waals surface area contributed by atoms with Crippen LogP contribution in [0.1, 0.15) is 6.42 Å². The summed E-state index contributed by atoms with van der Waals surface area (Å²) in [5.74, 6) is 0.332. The van der Waals surface area contributed by atoms with Crippen molar-refractivity contribution >= 4 is 5.69 Å². The molecule has 5 heteroatoms. The lowest BCUT2D eigenvalue weighted by Crippen LogP contribution is -2.11. The first kappa shape index (κ1) is 11.5. The molecule has 0 aromatic heterocycles. The normalized spacial score (nSPS) is 9.93. The zero-order chi connectivity index (χ0) is 11.1. The van der Waals surface area contributed by atoms with E-state index in [1.165, 1.54) is 6.07 Å². The first-order chi connectivity index (χ1) is 7.25. The molecule has 1 N–H and O–H groups in total. The zero-order valence-electron chi connectivity index (χ0n) is 8.60. The third-order valence-electron chi connectivity index (χ3n) is 1.89. The predicted octanol–water partition coefficient (Wildman–Crippen LogP) is 1.58. The molecule has 15 heavy (non-hydrogen) atoms. The minimum atomic E-state index is -0.437. The summed E-state index contributed by atoms with van der Waals surface area (Å²) < 4.78 is 5.32. The number of nitro groups is 1. The van der Waals surface area contributed by atoms with Gasteiger partial charge in [-0.25, -0.2) is 0 Å². The van der Waals surface area contributed by atoms with Gasteiger partial charge in [-0.15, -0.1) is 0 Å². The Labute approximate surface area is 88.2 Å². The smallest absolute Gasteiger partial charge is 0.310 e. The van der Waals surface area contributed by atoms with Gasteiger partial charge in [0.1, 0.15) is 0 Å². The van der Waals surface area contributed by atoms with Crippen molar-refractivity contribution in [3.8, 4) is 5.75 Å². The molecular weight excluding hydrogens is 196 g/mol. The Balaban J connectivity index is 2.56. The third-order valence-corrected chi connectivity index (χ3v) is 1.89. The van der Waals surface area contributed by atoms with Gasteiger partial charge in [-0.05, 0) is 26.1 Å². The Morgan fingerprint density at radius 2 is 2.20 bits per heavy atom. The molecule has 0 heterocycles. The molecule has 0 radical (unpaired) electrons. The topological polar surface area (TPSA) is 64.4 Å². The summed E-state index contributed by atoms with van der Waals surface area (Å²) in [6, 6.07) is 6.39. The van der Waals surface area contributed by atoms with Gasteiger partial charge in [0.25, 0.3) is 0 Å². The van der Waals surface area contributed by atoms with Crippen LogP contribution in [0.15, 0.2) is 24.3 Å². The molecule has 1 rings (SSSR count). The number of rotatable bonds is 6. The van der Waals surface area contributed by atoms with Crippen molar-refractivity contribution in [1.82, 2.24) is 5.32 Å².